The minimum atomic E-state index is -0.433. The molecule has 2 heterocycles. The lowest BCUT2D eigenvalue weighted by Gasteiger charge is -2.42. The number of anilines is 1. The molecular weight excluding hydrogens is 318 g/mol. The van der Waals surface area contributed by atoms with Gasteiger partial charge >= 0.3 is 6.09 Å². The lowest BCUT2D eigenvalue weighted by molar-refractivity contribution is -0.0181. The van der Waals surface area contributed by atoms with Crippen molar-refractivity contribution in [2.75, 3.05) is 18.0 Å². The molecular formula is C18H29N5O2. The maximum Gasteiger partial charge on any atom is 0.415 e. The second-order valence-corrected chi connectivity index (χ2v) is 8.78. The summed E-state index contributed by atoms with van der Waals surface area (Å²) in [7, 11) is 0. The molecule has 1 aromatic rings. The predicted molar refractivity (Wildman–Crippen MR) is 97.9 cm³/mol. The molecule has 1 spiro atoms. The Bertz CT molecular complexity index is 677. The van der Waals surface area contributed by atoms with Gasteiger partial charge in [0.1, 0.15) is 5.60 Å². The molecule has 7 nitrogen and oxygen atoms in total. The van der Waals surface area contributed by atoms with Gasteiger partial charge in [-0.1, -0.05) is 6.92 Å². The summed E-state index contributed by atoms with van der Waals surface area (Å²) in [6, 6.07) is 0. The van der Waals surface area contributed by atoms with Crippen LogP contribution >= 0.6 is 0 Å². The standard InChI is InChI=1S/C18H29N5O2/c1-16(2,3)23-9-14(8-21-23)22-12-18(25-15(22)24)7-5-6-17(4,10-18)11-20-13-19/h8-9,13H,5-7,10-12H2,1-4H3,(H2,19,20)/t17-,18-/m0/s1. The van der Waals surface area contributed by atoms with E-state index in [0.717, 1.165) is 31.4 Å². The number of carbonyl (C=O) groups is 1. The van der Waals surface area contributed by atoms with Crippen LogP contribution in [-0.4, -0.2) is 40.9 Å². The third kappa shape index (κ3) is 3.50. The molecule has 0 aromatic carbocycles. The Morgan fingerprint density at radius 3 is 2.84 bits per heavy atom. The summed E-state index contributed by atoms with van der Waals surface area (Å²) in [5.41, 5.74) is 5.67. The number of amides is 1. The zero-order valence-corrected chi connectivity index (χ0v) is 15.7. The van der Waals surface area contributed by atoms with Crippen molar-refractivity contribution >= 4 is 18.1 Å². The minimum Gasteiger partial charge on any atom is -0.441 e. The van der Waals surface area contributed by atoms with Gasteiger partial charge in [0.15, 0.2) is 0 Å². The molecule has 3 rings (SSSR count). The lowest BCUT2D eigenvalue weighted by Crippen LogP contribution is -2.44. The summed E-state index contributed by atoms with van der Waals surface area (Å²) in [6.07, 6.45) is 8.55. The summed E-state index contributed by atoms with van der Waals surface area (Å²) in [6.45, 7) is 9.69. The highest BCUT2D eigenvalue weighted by Gasteiger charge is 2.51. The molecule has 1 aliphatic heterocycles. The van der Waals surface area contributed by atoms with Crippen molar-refractivity contribution in [1.29, 1.82) is 0 Å². The van der Waals surface area contributed by atoms with Gasteiger partial charge < -0.3 is 10.5 Å². The molecule has 138 valence electrons. The Balaban J connectivity index is 1.78. The monoisotopic (exact) mass is 347 g/mol. The Kier molecular flexibility index (Phi) is 4.29. The maximum absolute atomic E-state index is 12.5. The fraction of sp³-hybridized carbons (Fsp3) is 0.722. The van der Waals surface area contributed by atoms with Crippen molar-refractivity contribution in [2.24, 2.45) is 16.1 Å². The first-order valence-corrected chi connectivity index (χ1v) is 8.92. The van der Waals surface area contributed by atoms with Gasteiger partial charge in [0.2, 0.25) is 0 Å². The smallest absolute Gasteiger partial charge is 0.415 e. The van der Waals surface area contributed by atoms with Crippen LogP contribution in [-0.2, 0) is 10.3 Å². The molecule has 2 aliphatic rings. The van der Waals surface area contributed by atoms with Gasteiger partial charge in [-0.15, -0.1) is 0 Å². The van der Waals surface area contributed by atoms with Crippen LogP contribution in [0, 0.1) is 5.41 Å². The topological polar surface area (TPSA) is 85.7 Å². The molecule has 0 radical (unpaired) electrons. The van der Waals surface area contributed by atoms with Crippen molar-refractivity contribution < 1.29 is 9.53 Å². The molecule has 1 saturated heterocycles. The molecule has 1 amide bonds. The summed E-state index contributed by atoms with van der Waals surface area (Å²) < 4.78 is 7.77. The Labute approximate surface area is 149 Å². The van der Waals surface area contributed by atoms with Crippen LogP contribution in [0.1, 0.15) is 53.4 Å². The molecule has 1 aromatic heterocycles. The molecule has 7 heteroatoms. The number of nitrogens with zero attached hydrogens (tertiary/aromatic N) is 4. The highest BCUT2D eigenvalue weighted by Crippen LogP contribution is 2.47. The van der Waals surface area contributed by atoms with Gasteiger partial charge in [-0.25, -0.2) is 4.79 Å². The van der Waals surface area contributed by atoms with Gasteiger partial charge in [0.25, 0.3) is 0 Å². The average Bonchev–Trinajstić information content (AvgIpc) is 3.10. The first kappa shape index (κ1) is 17.8. The number of hydrogen-bond donors (Lipinski definition) is 1. The third-order valence-corrected chi connectivity index (χ3v) is 5.28. The zero-order chi connectivity index (χ0) is 18.3. The highest BCUT2D eigenvalue weighted by atomic mass is 16.6. The predicted octanol–water partition coefficient (Wildman–Crippen LogP) is 2.90. The Morgan fingerprint density at radius 2 is 2.20 bits per heavy atom. The summed E-state index contributed by atoms with van der Waals surface area (Å²) >= 11 is 0. The molecule has 0 unspecified atom stereocenters. The van der Waals surface area contributed by atoms with Gasteiger partial charge in [0.05, 0.1) is 30.3 Å². The van der Waals surface area contributed by atoms with E-state index in [0.29, 0.717) is 13.1 Å². The van der Waals surface area contributed by atoms with Gasteiger partial charge in [-0.05, 0) is 51.9 Å². The van der Waals surface area contributed by atoms with E-state index in [1.165, 1.54) is 6.34 Å². The zero-order valence-electron chi connectivity index (χ0n) is 15.7. The molecule has 2 N–H and O–H groups in total. The van der Waals surface area contributed by atoms with Crippen molar-refractivity contribution in [1.82, 2.24) is 9.78 Å². The highest BCUT2D eigenvalue weighted by molar-refractivity contribution is 5.90. The summed E-state index contributed by atoms with van der Waals surface area (Å²) in [5, 5.41) is 4.40. The SMILES string of the molecule is CC(C)(C)n1cc(N2C[C@@]3(CCC[C@](C)(CN=CN)C3)OC2=O)cn1. The van der Waals surface area contributed by atoms with Crippen LogP contribution in [0.3, 0.4) is 0 Å². The number of ether oxygens (including phenoxy) is 1. The van der Waals surface area contributed by atoms with E-state index in [1.54, 1.807) is 11.1 Å². The third-order valence-electron chi connectivity index (χ3n) is 5.28. The molecule has 1 saturated carbocycles. The number of hydrogen-bond acceptors (Lipinski definition) is 4. The van der Waals surface area contributed by atoms with E-state index in [4.69, 9.17) is 10.5 Å². The van der Waals surface area contributed by atoms with Crippen LogP contribution < -0.4 is 10.6 Å². The minimum absolute atomic E-state index is 0.0139. The van der Waals surface area contributed by atoms with E-state index in [2.05, 4.69) is 37.8 Å². The summed E-state index contributed by atoms with van der Waals surface area (Å²) in [5.74, 6) is 0. The van der Waals surface area contributed by atoms with Gasteiger partial charge in [-0.2, -0.15) is 5.10 Å². The van der Waals surface area contributed by atoms with Gasteiger partial charge in [-0.3, -0.25) is 14.6 Å². The lowest BCUT2D eigenvalue weighted by atomic mass is 9.68. The van der Waals surface area contributed by atoms with Crippen LogP contribution in [0.4, 0.5) is 10.5 Å². The van der Waals surface area contributed by atoms with Crippen LogP contribution in [0.2, 0.25) is 0 Å². The van der Waals surface area contributed by atoms with E-state index in [1.807, 2.05) is 10.9 Å². The summed E-state index contributed by atoms with van der Waals surface area (Å²) in [4.78, 5) is 18.5. The normalized spacial score (nSPS) is 30.4. The van der Waals surface area contributed by atoms with Crippen molar-refractivity contribution in [3.63, 3.8) is 0 Å². The Hall–Kier alpha value is -2.05. The second kappa shape index (κ2) is 6.04. The molecule has 1 aliphatic carbocycles. The number of rotatable bonds is 3. The maximum atomic E-state index is 12.5. The molecule has 0 bridgehead atoms. The van der Waals surface area contributed by atoms with Crippen LogP contribution in [0.5, 0.6) is 0 Å². The number of aromatic nitrogens is 2. The fourth-order valence-corrected chi connectivity index (χ4v) is 4.06. The number of nitrogens with two attached hydrogens (primary N) is 1. The average molecular weight is 347 g/mol. The van der Waals surface area contributed by atoms with Crippen molar-refractivity contribution in [3.05, 3.63) is 12.4 Å². The van der Waals surface area contributed by atoms with Crippen molar-refractivity contribution in [3.8, 4) is 0 Å². The second-order valence-electron chi connectivity index (χ2n) is 8.78. The van der Waals surface area contributed by atoms with E-state index < -0.39 is 5.60 Å². The number of aliphatic imine (C=N–C) groups is 1. The number of carbonyl (C=O) groups excluding carboxylic acids is 1. The van der Waals surface area contributed by atoms with E-state index >= 15 is 0 Å². The Morgan fingerprint density at radius 1 is 1.44 bits per heavy atom. The van der Waals surface area contributed by atoms with E-state index in [9.17, 15) is 4.79 Å². The molecule has 2 fully saturated rings. The largest absolute Gasteiger partial charge is 0.441 e. The fourth-order valence-electron chi connectivity index (χ4n) is 4.06. The quantitative estimate of drug-likeness (QED) is 0.673. The first-order valence-electron chi connectivity index (χ1n) is 8.92. The first-order chi connectivity index (χ1) is 11.7. The van der Waals surface area contributed by atoms with Gasteiger partial charge in [0, 0.05) is 12.7 Å². The van der Waals surface area contributed by atoms with E-state index in [-0.39, 0.29) is 17.0 Å². The van der Waals surface area contributed by atoms with Crippen LogP contribution in [0.15, 0.2) is 17.4 Å². The van der Waals surface area contributed by atoms with Crippen molar-refractivity contribution in [2.45, 2.75) is 64.5 Å². The molecule has 2 atom stereocenters. The van der Waals surface area contributed by atoms with Crippen LogP contribution in [0.25, 0.3) is 0 Å². The molecule has 25 heavy (non-hydrogen) atoms.